The number of benzene rings is 2. The van der Waals surface area contributed by atoms with Crippen LogP contribution in [0.25, 0.3) is 10.9 Å². The van der Waals surface area contributed by atoms with Crippen LogP contribution in [0.2, 0.25) is 0 Å². The van der Waals surface area contributed by atoms with Crippen molar-refractivity contribution in [2.75, 3.05) is 39.8 Å². The summed E-state index contributed by atoms with van der Waals surface area (Å²) in [5, 5.41) is 1.22. The fraction of sp³-hybridized carbons (Fsp3) is 0.345. The quantitative estimate of drug-likeness (QED) is 0.365. The topological polar surface area (TPSA) is 94.9 Å². The number of hydrogen-bond donors (Lipinski definition) is 1. The highest BCUT2D eigenvalue weighted by Gasteiger charge is 2.25. The molecule has 2 amide bonds. The van der Waals surface area contributed by atoms with E-state index in [-0.39, 0.29) is 11.8 Å². The number of aromatic nitrogens is 2. The molecule has 5 rings (SSSR count). The number of oxazole rings is 1. The molecule has 1 saturated heterocycles. The maximum atomic E-state index is 13.0. The lowest BCUT2D eigenvalue weighted by atomic mass is 10.1. The van der Waals surface area contributed by atoms with Gasteiger partial charge in [0.15, 0.2) is 5.69 Å². The Morgan fingerprint density at radius 1 is 1.05 bits per heavy atom. The van der Waals surface area contributed by atoms with Gasteiger partial charge < -0.3 is 23.9 Å². The van der Waals surface area contributed by atoms with Gasteiger partial charge >= 0.3 is 0 Å². The van der Waals surface area contributed by atoms with Gasteiger partial charge in [0.2, 0.25) is 11.8 Å². The van der Waals surface area contributed by atoms with Gasteiger partial charge in [0.25, 0.3) is 5.91 Å². The molecule has 4 aromatic rings. The Labute approximate surface area is 222 Å². The van der Waals surface area contributed by atoms with E-state index in [4.69, 9.17) is 9.15 Å². The number of carbonyl (C=O) groups excluding carboxylic acids is 2. The molecule has 0 aliphatic carbocycles. The van der Waals surface area contributed by atoms with Crippen LogP contribution in [0.15, 0.2) is 65.4 Å². The number of nitrogens with one attached hydrogen (secondary N) is 1. The van der Waals surface area contributed by atoms with Gasteiger partial charge in [0.05, 0.1) is 13.7 Å². The highest BCUT2D eigenvalue weighted by molar-refractivity contribution is 5.92. The van der Waals surface area contributed by atoms with Gasteiger partial charge in [-0.25, -0.2) is 4.98 Å². The maximum absolute atomic E-state index is 13.0. The molecule has 0 unspecified atom stereocenters. The number of nitrogens with zero attached hydrogens (tertiary/aromatic N) is 4. The Morgan fingerprint density at radius 2 is 1.84 bits per heavy atom. The fourth-order valence-electron chi connectivity index (χ4n) is 4.92. The Bertz CT molecular complexity index is 1400. The van der Waals surface area contributed by atoms with Crippen LogP contribution in [0.3, 0.4) is 0 Å². The second-order valence-corrected chi connectivity index (χ2v) is 9.60. The minimum atomic E-state index is -0.165. The number of hydrogen-bond acceptors (Lipinski definition) is 6. The summed E-state index contributed by atoms with van der Waals surface area (Å²) in [5.74, 6) is 1.18. The Kier molecular flexibility index (Phi) is 7.74. The number of ether oxygens (including phenoxy) is 1. The standard InChI is InChI=1S/C29H33N5O4/c1-21(35)33-12-14-34(15-13-33)29(36)27-20-38-28(31-27)19-32(18-22-6-5-7-24(16-22)37-2)11-10-23-17-30-26-9-4-3-8-25(23)26/h3-9,16-17,20,30H,10-15,18-19H2,1-2H3. The Hall–Kier alpha value is -4.11. The molecule has 38 heavy (non-hydrogen) atoms. The first-order valence-electron chi connectivity index (χ1n) is 12.9. The smallest absolute Gasteiger partial charge is 0.275 e. The molecule has 2 aromatic heterocycles. The van der Waals surface area contributed by atoms with Gasteiger partial charge in [-0.05, 0) is 35.7 Å². The summed E-state index contributed by atoms with van der Waals surface area (Å²) in [6.07, 6.45) is 4.36. The summed E-state index contributed by atoms with van der Waals surface area (Å²) in [6, 6.07) is 16.3. The monoisotopic (exact) mass is 515 g/mol. The van der Waals surface area contributed by atoms with E-state index in [1.807, 2.05) is 24.3 Å². The highest BCUT2D eigenvalue weighted by atomic mass is 16.5. The highest BCUT2D eigenvalue weighted by Crippen LogP contribution is 2.21. The molecule has 198 valence electrons. The van der Waals surface area contributed by atoms with Crippen LogP contribution in [0.5, 0.6) is 5.75 Å². The van der Waals surface area contributed by atoms with Crippen molar-refractivity contribution >= 4 is 22.7 Å². The van der Waals surface area contributed by atoms with Crippen LogP contribution >= 0.6 is 0 Å². The van der Waals surface area contributed by atoms with Crippen LogP contribution in [0, 0.1) is 0 Å². The molecular weight excluding hydrogens is 482 g/mol. The van der Waals surface area contributed by atoms with Crippen molar-refractivity contribution in [2.45, 2.75) is 26.4 Å². The first-order valence-corrected chi connectivity index (χ1v) is 12.9. The second kappa shape index (κ2) is 11.5. The van der Waals surface area contributed by atoms with Crippen molar-refractivity contribution in [1.82, 2.24) is 24.7 Å². The van der Waals surface area contributed by atoms with E-state index in [0.29, 0.717) is 50.9 Å². The number of H-pyrrole nitrogens is 1. The predicted molar refractivity (Wildman–Crippen MR) is 144 cm³/mol. The van der Waals surface area contributed by atoms with Crippen molar-refractivity contribution in [3.05, 3.63) is 83.7 Å². The summed E-state index contributed by atoms with van der Waals surface area (Å²) >= 11 is 0. The molecule has 1 fully saturated rings. The maximum Gasteiger partial charge on any atom is 0.275 e. The zero-order valence-electron chi connectivity index (χ0n) is 21.9. The molecule has 0 atom stereocenters. The minimum Gasteiger partial charge on any atom is -0.497 e. The van der Waals surface area contributed by atoms with Crippen LogP contribution in [-0.2, 0) is 24.3 Å². The number of para-hydroxylation sites is 1. The molecule has 0 spiro atoms. The first kappa shape index (κ1) is 25.5. The van der Waals surface area contributed by atoms with Crippen LogP contribution in [0.1, 0.15) is 34.4 Å². The molecule has 1 aliphatic heterocycles. The SMILES string of the molecule is COc1cccc(CN(CCc2c[nH]c3ccccc23)Cc2nc(C(=O)N3CCN(C(C)=O)CC3)co2)c1. The zero-order chi connectivity index (χ0) is 26.5. The average molecular weight is 516 g/mol. The summed E-state index contributed by atoms with van der Waals surface area (Å²) in [6.45, 7) is 5.53. The number of aromatic amines is 1. The largest absolute Gasteiger partial charge is 0.497 e. The summed E-state index contributed by atoms with van der Waals surface area (Å²) in [7, 11) is 1.67. The van der Waals surface area contributed by atoms with Gasteiger partial charge in [-0.3, -0.25) is 14.5 Å². The molecule has 9 nitrogen and oxygen atoms in total. The van der Waals surface area contributed by atoms with E-state index in [9.17, 15) is 9.59 Å². The van der Waals surface area contributed by atoms with Crippen LogP contribution in [-0.4, -0.2) is 76.3 Å². The van der Waals surface area contributed by atoms with E-state index >= 15 is 0 Å². The molecule has 1 N–H and O–H groups in total. The van der Waals surface area contributed by atoms with E-state index < -0.39 is 0 Å². The zero-order valence-corrected chi connectivity index (χ0v) is 21.9. The van der Waals surface area contributed by atoms with Crippen LogP contribution < -0.4 is 4.74 Å². The van der Waals surface area contributed by atoms with Gasteiger partial charge in [-0.2, -0.15) is 0 Å². The molecule has 2 aromatic carbocycles. The third kappa shape index (κ3) is 5.89. The number of carbonyl (C=O) groups is 2. The summed E-state index contributed by atoms with van der Waals surface area (Å²) in [4.78, 5) is 38.2. The third-order valence-electron chi connectivity index (χ3n) is 7.05. The molecule has 1 aliphatic rings. The summed E-state index contributed by atoms with van der Waals surface area (Å²) < 4.78 is 11.2. The lowest BCUT2D eigenvalue weighted by molar-refractivity contribution is -0.130. The van der Waals surface area contributed by atoms with E-state index in [1.54, 1.807) is 23.8 Å². The van der Waals surface area contributed by atoms with Crippen molar-refractivity contribution in [3.63, 3.8) is 0 Å². The van der Waals surface area contributed by atoms with Crippen molar-refractivity contribution in [2.24, 2.45) is 0 Å². The van der Waals surface area contributed by atoms with Gasteiger partial charge in [0, 0.05) is 63.3 Å². The fourth-order valence-corrected chi connectivity index (χ4v) is 4.92. The molecule has 0 bridgehead atoms. The third-order valence-corrected chi connectivity index (χ3v) is 7.05. The van der Waals surface area contributed by atoms with Gasteiger partial charge in [-0.1, -0.05) is 30.3 Å². The number of amides is 2. The Morgan fingerprint density at radius 3 is 2.63 bits per heavy atom. The van der Waals surface area contributed by atoms with Gasteiger partial charge in [0.1, 0.15) is 12.0 Å². The normalized spacial score (nSPS) is 13.9. The number of fused-ring (bicyclic) bond motifs is 1. The minimum absolute atomic E-state index is 0.0320. The summed E-state index contributed by atoms with van der Waals surface area (Å²) in [5.41, 5.74) is 3.80. The van der Waals surface area contributed by atoms with Crippen LogP contribution in [0.4, 0.5) is 0 Å². The average Bonchev–Trinajstić information content (AvgIpc) is 3.58. The molecule has 0 radical (unpaired) electrons. The van der Waals surface area contributed by atoms with E-state index in [0.717, 1.165) is 29.8 Å². The number of piperazine rings is 1. The molecule has 0 saturated carbocycles. The van der Waals surface area contributed by atoms with Crippen molar-refractivity contribution in [3.8, 4) is 5.75 Å². The van der Waals surface area contributed by atoms with Crippen molar-refractivity contribution in [1.29, 1.82) is 0 Å². The lowest BCUT2D eigenvalue weighted by Crippen LogP contribution is -2.50. The van der Waals surface area contributed by atoms with E-state index in [1.165, 1.54) is 17.2 Å². The molecule has 3 heterocycles. The number of rotatable bonds is 9. The first-order chi connectivity index (χ1) is 18.5. The number of methoxy groups -OCH3 is 1. The van der Waals surface area contributed by atoms with Gasteiger partial charge in [-0.15, -0.1) is 0 Å². The lowest BCUT2D eigenvalue weighted by Gasteiger charge is -2.33. The molecule has 9 heteroatoms. The van der Waals surface area contributed by atoms with Crippen molar-refractivity contribution < 1.29 is 18.7 Å². The van der Waals surface area contributed by atoms with E-state index in [2.05, 4.69) is 45.3 Å². The Balaban J connectivity index is 1.28. The molecular formula is C29H33N5O4. The second-order valence-electron chi connectivity index (χ2n) is 9.60. The predicted octanol–water partition coefficient (Wildman–Crippen LogP) is 3.71.